The number of hydrogen-bond donors (Lipinski definition) is 0. The first-order valence-corrected chi connectivity index (χ1v) is 13.0. The molecule has 0 aliphatic rings. The van der Waals surface area contributed by atoms with Crippen molar-refractivity contribution >= 4 is 11.6 Å². The maximum atomic E-state index is 13.3. The molecule has 0 spiro atoms. The first-order valence-electron chi connectivity index (χ1n) is 13.0. The fourth-order valence-electron chi connectivity index (χ4n) is 5.25. The average molecular weight is 498 g/mol. The average Bonchev–Trinajstić information content (AvgIpc) is 3.36. The van der Waals surface area contributed by atoms with Gasteiger partial charge in [0.05, 0.1) is 0 Å². The number of benzene rings is 4. The van der Waals surface area contributed by atoms with Crippen LogP contribution in [-0.2, 0) is 7.05 Å². The third-order valence-corrected chi connectivity index (χ3v) is 7.29. The van der Waals surface area contributed by atoms with Crippen LogP contribution in [0.4, 0.5) is 0 Å². The van der Waals surface area contributed by atoms with Gasteiger partial charge in [0.25, 0.3) is 0 Å². The van der Waals surface area contributed by atoms with Gasteiger partial charge in [0.1, 0.15) is 0 Å². The van der Waals surface area contributed by atoms with E-state index in [1.165, 1.54) is 0 Å². The van der Waals surface area contributed by atoms with E-state index in [2.05, 4.69) is 48.0 Å². The molecule has 0 bridgehead atoms. The SMILES string of the molecule is Cn1c(C(CC(=O)c2ccccc2)c2ccccc2)ccc1C(CC(=O)c1ccccc1)c1ccccc1. The van der Waals surface area contributed by atoms with Crippen molar-refractivity contribution in [2.24, 2.45) is 7.05 Å². The molecule has 5 rings (SSSR count). The lowest BCUT2D eigenvalue weighted by Gasteiger charge is -2.22. The van der Waals surface area contributed by atoms with Crippen LogP contribution < -0.4 is 0 Å². The van der Waals surface area contributed by atoms with Gasteiger partial charge in [0.15, 0.2) is 11.6 Å². The predicted octanol–water partition coefficient (Wildman–Crippen LogP) is 7.83. The van der Waals surface area contributed by atoms with Gasteiger partial charge in [-0.05, 0) is 23.3 Å². The minimum Gasteiger partial charge on any atom is -0.350 e. The Morgan fingerprint density at radius 2 is 0.816 bits per heavy atom. The monoisotopic (exact) mass is 497 g/mol. The Labute approximate surface area is 224 Å². The van der Waals surface area contributed by atoms with Crippen LogP contribution in [0.25, 0.3) is 0 Å². The minimum atomic E-state index is -0.107. The van der Waals surface area contributed by atoms with Crippen LogP contribution in [0.15, 0.2) is 133 Å². The Hall–Kier alpha value is -4.50. The van der Waals surface area contributed by atoms with Gasteiger partial charge < -0.3 is 4.57 Å². The lowest BCUT2D eigenvalue weighted by atomic mass is 9.88. The van der Waals surface area contributed by atoms with Crippen molar-refractivity contribution in [1.82, 2.24) is 4.57 Å². The zero-order valence-corrected chi connectivity index (χ0v) is 21.5. The van der Waals surface area contributed by atoms with E-state index in [0.717, 1.165) is 33.6 Å². The molecule has 0 aliphatic heterocycles. The van der Waals surface area contributed by atoms with Gasteiger partial charge in [-0.2, -0.15) is 0 Å². The van der Waals surface area contributed by atoms with E-state index in [1.54, 1.807) is 0 Å². The summed E-state index contributed by atoms with van der Waals surface area (Å²) in [6.07, 6.45) is 0.731. The molecular formula is C35H31NO2. The van der Waals surface area contributed by atoms with Crippen LogP contribution in [0.2, 0.25) is 0 Å². The summed E-state index contributed by atoms with van der Waals surface area (Å²) in [5.74, 6) is 0.00921. The molecule has 0 N–H and O–H groups in total. The molecule has 3 nitrogen and oxygen atoms in total. The molecule has 38 heavy (non-hydrogen) atoms. The summed E-state index contributed by atoms with van der Waals surface area (Å²) < 4.78 is 2.19. The molecule has 4 aromatic carbocycles. The van der Waals surface area contributed by atoms with Crippen molar-refractivity contribution in [3.05, 3.63) is 167 Å². The fourth-order valence-corrected chi connectivity index (χ4v) is 5.25. The summed E-state index contributed by atoms with van der Waals surface area (Å²) in [5.41, 5.74) is 5.76. The number of aromatic nitrogens is 1. The van der Waals surface area contributed by atoms with E-state index in [1.807, 2.05) is 97.1 Å². The van der Waals surface area contributed by atoms with Crippen LogP contribution >= 0.6 is 0 Å². The lowest BCUT2D eigenvalue weighted by Crippen LogP contribution is -2.16. The molecular weight excluding hydrogens is 466 g/mol. The third-order valence-electron chi connectivity index (χ3n) is 7.29. The normalized spacial score (nSPS) is 12.6. The van der Waals surface area contributed by atoms with E-state index in [4.69, 9.17) is 0 Å². The van der Waals surface area contributed by atoms with E-state index in [9.17, 15) is 9.59 Å². The highest BCUT2D eigenvalue weighted by atomic mass is 16.1. The van der Waals surface area contributed by atoms with Crippen molar-refractivity contribution in [3.63, 3.8) is 0 Å². The highest BCUT2D eigenvalue weighted by Crippen LogP contribution is 2.35. The molecule has 5 aromatic rings. The Bertz CT molecular complexity index is 1370. The number of carbonyl (C=O) groups is 2. The van der Waals surface area contributed by atoms with Crippen molar-refractivity contribution < 1.29 is 9.59 Å². The molecule has 0 aliphatic carbocycles. The number of Topliss-reactive ketones (excluding diaryl/α,β-unsaturated/α-hetero) is 2. The van der Waals surface area contributed by atoms with Crippen molar-refractivity contribution in [2.75, 3.05) is 0 Å². The quantitative estimate of drug-likeness (QED) is 0.184. The lowest BCUT2D eigenvalue weighted by molar-refractivity contribution is 0.0970. The summed E-state index contributed by atoms with van der Waals surface area (Å²) >= 11 is 0. The largest absolute Gasteiger partial charge is 0.350 e. The maximum absolute atomic E-state index is 13.3. The Morgan fingerprint density at radius 3 is 1.16 bits per heavy atom. The maximum Gasteiger partial charge on any atom is 0.163 e. The van der Waals surface area contributed by atoms with E-state index >= 15 is 0 Å². The van der Waals surface area contributed by atoms with Crippen LogP contribution in [0.1, 0.15) is 67.9 Å². The Morgan fingerprint density at radius 1 is 0.500 bits per heavy atom. The van der Waals surface area contributed by atoms with E-state index in [-0.39, 0.29) is 23.4 Å². The second-order valence-corrected chi connectivity index (χ2v) is 9.66. The van der Waals surface area contributed by atoms with Crippen LogP contribution in [0, 0.1) is 0 Å². The summed E-state index contributed by atoms with van der Waals surface area (Å²) in [7, 11) is 2.05. The summed E-state index contributed by atoms with van der Waals surface area (Å²) in [6.45, 7) is 0. The molecule has 188 valence electrons. The summed E-state index contributed by atoms with van der Waals surface area (Å²) in [4.78, 5) is 26.6. The first-order chi connectivity index (χ1) is 18.6. The second kappa shape index (κ2) is 11.7. The van der Waals surface area contributed by atoms with E-state index in [0.29, 0.717) is 12.8 Å². The molecule has 0 saturated carbocycles. The molecule has 2 atom stereocenters. The molecule has 2 unspecified atom stereocenters. The van der Waals surface area contributed by atoms with Crippen molar-refractivity contribution in [2.45, 2.75) is 24.7 Å². The Kier molecular flexibility index (Phi) is 7.75. The number of nitrogens with zero attached hydrogens (tertiary/aromatic N) is 1. The van der Waals surface area contributed by atoms with Crippen LogP contribution in [-0.4, -0.2) is 16.1 Å². The third kappa shape index (κ3) is 5.57. The summed E-state index contributed by atoms with van der Waals surface area (Å²) in [6, 6.07) is 43.6. The molecule has 0 saturated heterocycles. The molecule has 1 aromatic heterocycles. The van der Waals surface area contributed by atoms with Crippen molar-refractivity contribution in [3.8, 4) is 0 Å². The molecule has 0 fully saturated rings. The van der Waals surface area contributed by atoms with Gasteiger partial charge in [0, 0.05) is 54.2 Å². The minimum absolute atomic E-state index is 0.107. The highest BCUT2D eigenvalue weighted by molar-refractivity contribution is 5.97. The second-order valence-electron chi connectivity index (χ2n) is 9.66. The number of rotatable bonds is 10. The zero-order chi connectivity index (χ0) is 26.3. The van der Waals surface area contributed by atoms with Gasteiger partial charge in [-0.15, -0.1) is 0 Å². The number of carbonyl (C=O) groups excluding carboxylic acids is 2. The van der Waals surface area contributed by atoms with Gasteiger partial charge in [-0.25, -0.2) is 0 Å². The number of hydrogen-bond acceptors (Lipinski definition) is 2. The topological polar surface area (TPSA) is 39.1 Å². The molecule has 3 heteroatoms. The van der Waals surface area contributed by atoms with E-state index < -0.39 is 0 Å². The predicted molar refractivity (Wildman–Crippen MR) is 153 cm³/mol. The van der Waals surface area contributed by atoms with Gasteiger partial charge in [-0.3, -0.25) is 9.59 Å². The van der Waals surface area contributed by atoms with Gasteiger partial charge in [0.2, 0.25) is 0 Å². The Balaban J connectivity index is 1.53. The molecule has 0 amide bonds. The number of ketones is 2. The molecule has 0 radical (unpaired) electrons. The van der Waals surface area contributed by atoms with Gasteiger partial charge >= 0.3 is 0 Å². The first kappa shape index (κ1) is 25.2. The summed E-state index contributed by atoms with van der Waals surface area (Å²) in [5, 5.41) is 0. The highest BCUT2D eigenvalue weighted by Gasteiger charge is 2.26. The van der Waals surface area contributed by atoms with Crippen molar-refractivity contribution in [1.29, 1.82) is 0 Å². The molecule has 1 heterocycles. The fraction of sp³-hybridized carbons (Fsp3) is 0.143. The van der Waals surface area contributed by atoms with Crippen LogP contribution in [0.3, 0.4) is 0 Å². The van der Waals surface area contributed by atoms with Gasteiger partial charge in [-0.1, -0.05) is 121 Å². The van der Waals surface area contributed by atoms with Crippen LogP contribution in [0.5, 0.6) is 0 Å². The smallest absolute Gasteiger partial charge is 0.163 e. The standard InChI is InChI=1S/C35H31NO2/c1-36-32(30(26-14-6-2-7-15-26)24-34(37)28-18-10-4-11-19-28)22-23-33(36)31(27-16-8-3-9-17-27)25-35(38)29-20-12-5-13-21-29/h2-23,30-31H,24-25H2,1H3. The zero-order valence-electron chi connectivity index (χ0n) is 21.5.